The number of rotatable bonds is 5. The van der Waals surface area contributed by atoms with Crippen molar-refractivity contribution in [1.29, 1.82) is 0 Å². The number of aryl methyl sites for hydroxylation is 1. The minimum absolute atomic E-state index is 0.0827. The summed E-state index contributed by atoms with van der Waals surface area (Å²) in [6.45, 7) is 2.60. The summed E-state index contributed by atoms with van der Waals surface area (Å²) in [5, 5.41) is 4.06. The van der Waals surface area contributed by atoms with Crippen LogP contribution in [0.3, 0.4) is 0 Å². The van der Waals surface area contributed by atoms with Crippen molar-refractivity contribution < 1.29 is 4.79 Å². The normalized spacial score (nSPS) is 11.0. The molecule has 0 atom stereocenters. The minimum atomic E-state index is -0.0827. The number of aromatic amines is 1. The maximum atomic E-state index is 12.5. The van der Waals surface area contributed by atoms with Crippen molar-refractivity contribution in [3.8, 4) is 5.69 Å². The molecule has 4 aromatic rings. The highest BCUT2D eigenvalue weighted by molar-refractivity contribution is 5.98. The number of imidazole rings is 1. The molecule has 4 rings (SSSR count). The molecule has 5 heteroatoms. The lowest BCUT2D eigenvalue weighted by atomic mass is 10.1. The van der Waals surface area contributed by atoms with Gasteiger partial charge in [-0.05, 0) is 36.6 Å². The van der Waals surface area contributed by atoms with E-state index in [0.717, 1.165) is 28.6 Å². The van der Waals surface area contributed by atoms with Gasteiger partial charge in [0.05, 0.1) is 6.33 Å². The zero-order chi connectivity index (χ0) is 17.9. The lowest BCUT2D eigenvalue weighted by molar-refractivity contribution is 0.0950. The van der Waals surface area contributed by atoms with Crippen LogP contribution in [0.2, 0.25) is 0 Å². The number of carbonyl (C=O) groups excluding carboxylic acids is 1. The van der Waals surface area contributed by atoms with Crippen molar-refractivity contribution in [2.75, 3.05) is 6.54 Å². The molecule has 0 aliphatic heterocycles. The second-order valence-corrected chi connectivity index (χ2v) is 6.33. The van der Waals surface area contributed by atoms with Crippen LogP contribution < -0.4 is 5.32 Å². The van der Waals surface area contributed by atoms with Crippen LogP contribution in [0.5, 0.6) is 0 Å². The van der Waals surface area contributed by atoms with E-state index in [1.165, 1.54) is 5.56 Å². The topological polar surface area (TPSA) is 62.7 Å². The Morgan fingerprint density at radius 2 is 2.08 bits per heavy atom. The predicted molar refractivity (Wildman–Crippen MR) is 103 cm³/mol. The fourth-order valence-electron chi connectivity index (χ4n) is 3.21. The zero-order valence-electron chi connectivity index (χ0n) is 14.6. The number of carbonyl (C=O) groups is 1. The number of hydrogen-bond donors (Lipinski definition) is 2. The fourth-order valence-corrected chi connectivity index (χ4v) is 3.21. The molecular weight excluding hydrogens is 324 g/mol. The summed E-state index contributed by atoms with van der Waals surface area (Å²) in [4.78, 5) is 19.8. The number of hydrogen-bond acceptors (Lipinski definition) is 2. The summed E-state index contributed by atoms with van der Waals surface area (Å²) < 4.78 is 1.98. The molecule has 5 nitrogen and oxygen atoms in total. The van der Waals surface area contributed by atoms with Crippen molar-refractivity contribution >= 4 is 16.8 Å². The van der Waals surface area contributed by atoms with Crippen LogP contribution in [0, 0.1) is 6.92 Å². The molecule has 2 N–H and O–H groups in total. The van der Waals surface area contributed by atoms with Crippen molar-refractivity contribution in [2.45, 2.75) is 13.3 Å². The van der Waals surface area contributed by atoms with Crippen LogP contribution in [0.4, 0.5) is 0 Å². The molecule has 0 aliphatic carbocycles. The number of benzene rings is 2. The third kappa shape index (κ3) is 3.11. The van der Waals surface area contributed by atoms with Gasteiger partial charge in [-0.3, -0.25) is 4.79 Å². The molecule has 0 unspecified atom stereocenters. The molecule has 130 valence electrons. The molecule has 1 amide bonds. The standard InChI is InChI=1S/C21H20N4O/c1-15-5-4-7-17-13-18(24-20(15)17)21(26)23-10-9-16-6-2-3-8-19(16)25-12-11-22-14-25/h2-8,11-14,24H,9-10H2,1H3,(H,23,26). The first-order valence-electron chi connectivity index (χ1n) is 8.65. The Kier molecular flexibility index (Phi) is 4.27. The Balaban J connectivity index is 1.45. The molecule has 0 radical (unpaired) electrons. The average molecular weight is 344 g/mol. The monoisotopic (exact) mass is 344 g/mol. The Hall–Kier alpha value is -3.34. The smallest absolute Gasteiger partial charge is 0.267 e. The molecule has 2 aromatic carbocycles. The third-order valence-electron chi connectivity index (χ3n) is 4.56. The summed E-state index contributed by atoms with van der Waals surface area (Å²) in [6, 6.07) is 16.1. The van der Waals surface area contributed by atoms with Crippen LogP contribution in [-0.2, 0) is 6.42 Å². The fraction of sp³-hybridized carbons (Fsp3) is 0.143. The van der Waals surface area contributed by atoms with E-state index in [4.69, 9.17) is 0 Å². The number of H-pyrrole nitrogens is 1. The molecule has 26 heavy (non-hydrogen) atoms. The van der Waals surface area contributed by atoms with Crippen molar-refractivity contribution in [2.24, 2.45) is 0 Å². The number of amides is 1. The van der Waals surface area contributed by atoms with E-state index in [2.05, 4.69) is 27.4 Å². The molecule has 0 bridgehead atoms. The zero-order valence-corrected chi connectivity index (χ0v) is 14.6. The van der Waals surface area contributed by atoms with Crippen LogP contribution in [-0.4, -0.2) is 27.0 Å². The highest BCUT2D eigenvalue weighted by Crippen LogP contribution is 2.19. The lowest BCUT2D eigenvalue weighted by Gasteiger charge is -2.10. The average Bonchev–Trinajstić information content (AvgIpc) is 3.32. The van der Waals surface area contributed by atoms with Crippen LogP contribution in [0.25, 0.3) is 16.6 Å². The first kappa shape index (κ1) is 16.1. The molecule has 0 saturated carbocycles. The first-order valence-corrected chi connectivity index (χ1v) is 8.65. The number of para-hydroxylation sites is 2. The van der Waals surface area contributed by atoms with E-state index in [1.54, 1.807) is 12.5 Å². The quantitative estimate of drug-likeness (QED) is 0.581. The first-order chi connectivity index (χ1) is 12.7. The Morgan fingerprint density at radius 3 is 2.88 bits per heavy atom. The molecular formula is C21H20N4O. The summed E-state index contributed by atoms with van der Waals surface area (Å²) in [5.41, 5.74) is 5.00. The number of aromatic nitrogens is 3. The van der Waals surface area contributed by atoms with Crippen molar-refractivity contribution in [3.63, 3.8) is 0 Å². The van der Waals surface area contributed by atoms with Gasteiger partial charge in [0.2, 0.25) is 0 Å². The van der Waals surface area contributed by atoms with Gasteiger partial charge >= 0.3 is 0 Å². The Morgan fingerprint density at radius 1 is 1.19 bits per heavy atom. The second-order valence-electron chi connectivity index (χ2n) is 6.33. The van der Waals surface area contributed by atoms with E-state index >= 15 is 0 Å². The van der Waals surface area contributed by atoms with Gasteiger partial charge in [-0.2, -0.15) is 0 Å². The summed E-state index contributed by atoms with van der Waals surface area (Å²) >= 11 is 0. The van der Waals surface area contributed by atoms with Gasteiger partial charge in [-0.1, -0.05) is 36.4 Å². The number of fused-ring (bicyclic) bond motifs is 1. The van der Waals surface area contributed by atoms with E-state index in [9.17, 15) is 4.79 Å². The van der Waals surface area contributed by atoms with Crippen molar-refractivity contribution in [1.82, 2.24) is 19.9 Å². The SMILES string of the molecule is Cc1cccc2cc(C(=O)NCCc3ccccc3-n3ccnc3)[nH]c12. The molecule has 2 heterocycles. The Bertz CT molecular complexity index is 1050. The largest absolute Gasteiger partial charge is 0.350 e. The van der Waals surface area contributed by atoms with Gasteiger partial charge in [-0.25, -0.2) is 4.98 Å². The molecule has 0 fully saturated rings. The predicted octanol–water partition coefficient (Wildman–Crippen LogP) is 3.63. The number of nitrogens with one attached hydrogen (secondary N) is 2. The molecule has 2 aromatic heterocycles. The summed E-state index contributed by atoms with van der Waals surface area (Å²) in [6.07, 6.45) is 6.21. The minimum Gasteiger partial charge on any atom is -0.350 e. The number of nitrogens with zero attached hydrogens (tertiary/aromatic N) is 2. The maximum absolute atomic E-state index is 12.5. The van der Waals surface area contributed by atoms with Crippen LogP contribution >= 0.6 is 0 Å². The van der Waals surface area contributed by atoms with Gasteiger partial charge in [-0.15, -0.1) is 0 Å². The van der Waals surface area contributed by atoms with E-state index in [1.807, 2.05) is 54.1 Å². The van der Waals surface area contributed by atoms with Crippen LogP contribution in [0.1, 0.15) is 21.6 Å². The van der Waals surface area contributed by atoms with Gasteiger partial charge in [0, 0.05) is 35.5 Å². The van der Waals surface area contributed by atoms with Gasteiger partial charge < -0.3 is 14.9 Å². The Labute approximate surface area is 151 Å². The van der Waals surface area contributed by atoms with Crippen molar-refractivity contribution in [3.05, 3.63) is 84.1 Å². The van der Waals surface area contributed by atoms with E-state index < -0.39 is 0 Å². The van der Waals surface area contributed by atoms with E-state index in [0.29, 0.717) is 12.2 Å². The summed E-state index contributed by atoms with van der Waals surface area (Å²) in [5.74, 6) is -0.0827. The molecule has 0 saturated heterocycles. The van der Waals surface area contributed by atoms with Gasteiger partial charge in [0.1, 0.15) is 5.69 Å². The summed E-state index contributed by atoms with van der Waals surface area (Å²) in [7, 11) is 0. The van der Waals surface area contributed by atoms with E-state index in [-0.39, 0.29) is 5.91 Å². The lowest BCUT2D eigenvalue weighted by Crippen LogP contribution is -2.26. The highest BCUT2D eigenvalue weighted by Gasteiger charge is 2.10. The maximum Gasteiger partial charge on any atom is 0.267 e. The van der Waals surface area contributed by atoms with Crippen LogP contribution in [0.15, 0.2) is 67.3 Å². The van der Waals surface area contributed by atoms with Gasteiger partial charge in [0.15, 0.2) is 0 Å². The third-order valence-corrected chi connectivity index (χ3v) is 4.56. The second kappa shape index (κ2) is 6.88. The molecule has 0 spiro atoms. The molecule has 0 aliphatic rings. The van der Waals surface area contributed by atoms with Gasteiger partial charge in [0.25, 0.3) is 5.91 Å². The highest BCUT2D eigenvalue weighted by atomic mass is 16.1.